The van der Waals surface area contributed by atoms with Crippen LogP contribution in [0.15, 0.2) is 24.3 Å². The summed E-state index contributed by atoms with van der Waals surface area (Å²) < 4.78 is 10.4. The zero-order valence-electron chi connectivity index (χ0n) is 11.1. The molecule has 4 nitrogen and oxygen atoms in total. The van der Waals surface area contributed by atoms with Crippen LogP contribution in [0.25, 0.3) is 0 Å². The molecule has 1 aromatic rings. The third kappa shape index (κ3) is 5.68. The number of rotatable bonds is 8. The lowest BCUT2D eigenvalue weighted by molar-refractivity contribution is -0.142. The molecule has 1 N–H and O–H groups in total. The lowest BCUT2D eigenvalue weighted by Crippen LogP contribution is -2.24. The maximum Gasteiger partial charge on any atom is 0.319 e. The molecule has 1 rings (SSSR count). The predicted molar refractivity (Wildman–Crippen MR) is 70.6 cm³/mol. The van der Waals surface area contributed by atoms with Crippen LogP contribution in [0.5, 0.6) is 5.75 Å². The zero-order chi connectivity index (χ0) is 13.2. The third-order valence-electron chi connectivity index (χ3n) is 2.28. The molecule has 0 heterocycles. The number of esters is 1. The number of hydrogen-bond donors (Lipinski definition) is 1. The highest BCUT2D eigenvalue weighted by atomic mass is 16.5. The van der Waals surface area contributed by atoms with Gasteiger partial charge in [-0.15, -0.1) is 0 Å². The molecule has 1 aromatic carbocycles. The van der Waals surface area contributed by atoms with Crippen LogP contribution in [0.3, 0.4) is 0 Å². The van der Waals surface area contributed by atoms with E-state index in [4.69, 9.17) is 9.47 Å². The molecule has 0 bridgehead atoms. The Balaban J connectivity index is 2.35. The summed E-state index contributed by atoms with van der Waals surface area (Å²) in [6.07, 6.45) is 0.991. The quantitative estimate of drug-likeness (QED) is 0.719. The van der Waals surface area contributed by atoms with E-state index in [0.717, 1.165) is 24.3 Å². The molecule has 0 spiro atoms. The van der Waals surface area contributed by atoms with Crippen LogP contribution in [-0.2, 0) is 16.1 Å². The predicted octanol–water partition coefficient (Wildman–Crippen LogP) is 2.13. The van der Waals surface area contributed by atoms with Gasteiger partial charge >= 0.3 is 5.97 Å². The number of carbonyl (C=O) groups is 1. The zero-order valence-corrected chi connectivity index (χ0v) is 11.1. The summed E-state index contributed by atoms with van der Waals surface area (Å²) in [5.41, 5.74) is 1.09. The number of ether oxygens (including phenoxy) is 2. The van der Waals surface area contributed by atoms with E-state index in [2.05, 4.69) is 12.2 Å². The fourth-order valence-corrected chi connectivity index (χ4v) is 1.49. The van der Waals surface area contributed by atoms with E-state index < -0.39 is 0 Å². The minimum atomic E-state index is -0.226. The fourth-order valence-electron chi connectivity index (χ4n) is 1.49. The highest BCUT2D eigenvalue weighted by molar-refractivity contribution is 5.71. The smallest absolute Gasteiger partial charge is 0.319 e. The molecule has 0 amide bonds. The second kappa shape index (κ2) is 8.53. The normalized spacial score (nSPS) is 10.1. The number of carbonyl (C=O) groups excluding carboxylic acids is 1. The lowest BCUT2D eigenvalue weighted by atomic mass is 10.2. The Morgan fingerprint density at radius 1 is 1.33 bits per heavy atom. The molecule has 0 unspecified atom stereocenters. The molecule has 0 atom stereocenters. The molecule has 0 aliphatic heterocycles. The van der Waals surface area contributed by atoms with Gasteiger partial charge in [0.2, 0.25) is 0 Å². The van der Waals surface area contributed by atoms with Gasteiger partial charge < -0.3 is 14.8 Å². The van der Waals surface area contributed by atoms with Crippen molar-refractivity contribution < 1.29 is 14.3 Å². The first-order valence-electron chi connectivity index (χ1n) is 6.34. The van der Waals surface area contributed by atoms with E-state index in [0.29, 0.717) is 13.2 Å². The molecule has 0 aromatic heterocycles. The second-order valence-electron chi connectivity index (χ2n) is 3.90. The van der Waals surface area contributed by atoms with E-state index >= 15 is 0 Å². The Morgan fingerprint density at radius 2 is 2.17 bits per heavy atom. The number of nitrogens with one attached hydrogen (secondary N) is 1. The Morgan fingerprint density at radius 3 is 2.89 bits per heavy atom. The standard InChI is InChI=1S/C14H21NO3/c1-3-8-18-13-7-5-6-12(9-13)10-15-11-14(16)17-4-2/h5-7,9,15H,3-4,8,10-11H2,1-2H3. The van der Waals surface area contributed by atoms with Gasteiger partial charge in [0.1, 0.15) is 5.75 Å². The Labute approximate surface area is 108 Å². The summed E-state index contributed by atoms with van der Waals surface area (Å²) in [5, 5.41) is 3.04. The van der Waals surface area contributed by atoms with E-state index in [9.17, 15) is 4.79 Å². The van der Waals surface area contributed by atoms with Crippen LogP contribution in [0.1, 0.15) is 25.8 Å². The molecule has 0 radical (unpaired) electrons. The molecule has 4 heteroatoms. The molecule has 0 fully saturated rings. The van der Waals surface area contributed by atoms with Gasteiger partial charge in [0.15, 0.2) is 0 Å². The van der Waals surface area contributed by atoms with Crippen molar-refractivity contribution in [3.63, 3.8) is 0 Å². The van der Waals surface area contributed by atoms with Crippen LogP contribution < -0.4 is 10.1 Å². The fraction of sp³-hybridized carbons (Fsp3) is 0.500. The monoisotopic (exact) mass is 251 g/mol. The molecule has 18 heavy (non-hydrogen) atoms. The first-order valence-corrected chi connectivity index (χ1v) is 6.34. The molecule has 0 aliphatic carbocycles. The van der Waals surface area contributed by atoms with Crippen LogP contribution >= 0.6 is 0 Å². The van der Waals surface area contributed by atoms with Crippen molar-refractivity contribution in [3.8, 4) is 5.75 Å². The van der Waals surface area contributed by atoms with E-state index in [1.54, 1.807) is 6.92 Å². The molecule has 0 saturated carbocycles. The molecule has 0 aliphatic rings. The number of benzene rings is 1. The summed E-state index contributed by atoms with van der Waals surface area (Å²) in [4.78, 5) is 11.1. The van der Waals surface area contributed by atoms with E-state index in [1.807, 2.05) is 24.3 Å². The molecular formula is C14H21NO3. The SMILES string of the molecule is CCCOc1cccc(CNCC(=O)OCC)c1. The summed E-state index contributed by atoms with van der Waals surface area (Å²) in [5.74, 6) is 0.642. The first kappa shape index (κ1) is 14.5. The molecule has 0 saturated heterocycles. The largest absolute Gasteiger partial charge is 0.494 e. The van der Waals surface area contributed by atoms with Crippen molar-refractivity contribution >= 4 is 5.97 Å². The minimum absolute atomic E-state index is 0.226. The van der Waals surface area contributed by atoms with Crippen molar-refractivity contribution in [2.75, 3.05) is 19.8 Å². The van der Waals surface area contributed by atoms with Crippen molar-refractivity contribution in [2.45, 2.75) is 26.8 Å². The summed E-state index contributed by atoms with van der Waals surface area (Å²) in [6.45, 7) is 5.87. The average Bonchev–Trinajstić information content (AvgIpc) is 2.37. The van der Waals surface area contributed by atoms with Crippen LogP contribution in [0, 0.1) is 0 Å². The second-order valence-corrected chi connectivity index (χ2v) is 3.90. The third-order valence-corrected chi connectivity index (χ3v) is 2.28. The van der Waals surface area contributed by atoms with Gasteiger partial charge in [0.05, 0.1) is 19.8 Å². The first-order chi connectivity index (χ1) is 8.76. The highest BCUT2D eigenvalue weighted by Gasteiger charge is 2.01. The molecular weight excluding hydrogens is 230 g/mol. The average molecular weight is 251 g/mol. The van der Waals surface area contributed by atoms with E-state index in [-0.39, 0.29) is 12.5 Å². The van der Waals surface area contributed by atoms with Crippen molar-refractivity contribution in [3.05, 3.63) is 29.8 Å². The van der Waals surface area contributed by atoms with Crippen molar-refractivity contribution in [2.24, 2.45) is 0 Å². The van der Waals surface area contributed by atoms with Gasteiger partial charge in [0, 0.05) is 6.54 Å². The summed E-state index contributed by atoms with van der Waals surface area (Å²) in [6, 6.07) is 7.86. The topological polar surface area (TPSA) is 47.6 Å². The van der Waals surface area contributed by atoms with Crippen LogP contribution in [0.4, 0.5) is 0 Å². The summed E-state index contributed by atoms with van der Waals surface area (Å²) >= 11 is 0. The number of hydrogen-bond acceptors (Lipinski definition) is 4. The van der Waals surface area contributed by atoms with Gasteiger partial charge in [-0.05, 0) is 31.0 Å². The Bertz CT molecular complexity index is 366. The molecule has 100 valence electrons. The lowest BCUT2D eigenvalue weighted by Gasteiger charge is -2.08. The van der Waals surface area contributed by atoms with Gasteiger partial charge in [-0.1, -0.05) is 19.1 Å². The maximum atomic E-state index is 11.1. The van der Waals surface area contributed by atoms with E-state index in [1.165, 1.54) is 0 Å². The minimum Gasteiger partial charge on any atom is -0.494 e. The van der Waals surface area contributed by atoms with Crippen LogP contribution in [-0.4, -0.2) is 25.7 Å². The van der Waals surface area contributed by atoms with Gasteiger partial charge in [-0.3, -0.25) is 4.79 Å². The van der Waals surface area contributed by atoms with Gasteiger partial charge in [0.25, 0.3) is 0 Å². The van der Waals surface area contributed by atoms with Gasteiger partial charge in [-0.25, -0.2) is 0 Å². The van der Waals surface area contributed by atoms with Crippen molar-refractivity contribution in [1.29, 1.82) is 0 Å². The summed E-state index contributed by atoms with van der Waals surface area (Å²) in [7, 11) is 0. The van der Waals surface area contributed by atoms with Gasteiger partial charge in [-0.2, -0.15) is 0 Å². The van der Waals surface area contributed by atoms with Crippen LogP contribution in [0.2, 0.25) is 0 Å². The maximum absolute atomic E-state index is 11.1. The highest BCUT2D eigenvalue weighted by Crippen LogP contribution is 2.13. The Hall–Kier alpha value is -1.55. The Kier molecular flexibility index (Phi) is 6.87. The van der Waals surface area contributed by atoms with Crippen molar-refractivity contribution in [1.82, 2.24) is 5.32 Å².